The zero-order valence-electron chi connectivity index (χ0n) is 10.5. The summed E-state index contributed by atoms with van der Waals surface area (Å²) < 4.78 is 0. The van der Waals surface area contributed by atoms with Gasteiger partial charge in [0.25, 0.3) is 0 Å². The molecule has 20 heavy (non-hydrogen) atoms. The summed E-state index contributed by atoms with van der Waals surface area (Å²) in [6.45, 7) is 0. The van der Waals surface area contributed by atoms with E-state index < -0.39 is 0 Å². The number of aromatic nitrogens is 1. The van der Waals surface area contributed by atoms with Gasteiger partial charge in [-0.15, -0.1) is 10.2 Å². The van der Waals surface area contributed by atoms with Crippen molar-refractivity contribution < 1.29 is 0 Å². The van der Waals surface area contributed by atoms with Crippen LogP contribution in [-0.2, 0) is 0 Å². The van der Waals surface area contributed by atoms with Crippen molar-refractivity contribution in [3.05, 3.63) is 58.9 Å². The molecule has 1 aromatic carbocycles. The molecule has 0 atom stereocenters. The van der Waals surface area contributed by atoms with E-state index in [0.29, 0.717) is 22.1 Å². The highest BCUT2D eigenvalue weighted by atomic mass is 35.5. The lowest BCUT2D eigenvalue weighted by Gasteiger charge is -2.07. The maximum absolute atomic E-state index is 6.16. The summed E-state index contributed by atoms with van der Waals surface area (Å²) in [6, 6.07) is 10.9. The molecule has 0 aliphatic rings. The molecule has 0 fully saturated rings. The molecule has 0 bridgehead atoms. The van der Waals surface area contributed by atoms with Gasteiger partial charge in [-0.05, 0) is 6.07 Å². The second-order valence-corrected chi connectivity index (χ2v) is 4.35. The Kier molecular flexibility index (Phi) is 4.17. The van der Waals surface area contributed by atoms with Gasteiger partial charge >= 0.3 is 0 Å². The summed E-state index contributed by atoms with van der Waals surface area (Å²) >= 11 is 6.16. The van der Waals surface area contributed by atoms with Crippen LogP contribution in [0, 0.1) is 0 Å². The highest BCUT2D eigenvalue weighted by molar-refractivity contribution is 6.35. The summed E-state index contributed by atoms with van der Waals surface area (Å²) in [5, 5.41) is 8.07. The first-order valence-corrected chi connectivity index (χ1v) is 6.09. The van der Waals surface area contributed by atoms with Crippen LogP contribution in [0.4, 0.5) is 5.69 Å². The fraction of sp³-hybridized carbons (Fsp3) is 0. The number of rotatable bonds is 3. The standard InChI is InChI=1S/C13H13ClN6/c14-10-6-9(15)7-18-12(10)11(19-20-13(16)17)8-4-2-1-3-5-8/h1-7H,15H2,(H4,16,17,20)/b19-11-. The molecule has 1 aromatic heterocycles. The van der Waals surface area contributed by atoms with Crippen LogP contribution >= 0.6 is 11.6 Å². The average molecular weight is 289 g/mol. The maximum Gasteiger partial charge on any atom is 0.211 e. The van der Waals surface area contributed by atoms with Crippen molar-refractivity contribution >= 4 is 29.0 Å². The number of nitrogens with zero attached hydrogens (tertiary/aromatic N) is 3. The topological polar surface area (TPSA) is 116 Å². The third kappa shape index (κ3) is 3.24. The molecule has 2 aromatic rings. The summed E-state index contributed by atoms with van der Waals surface area (Å²) in [6.07, 6.45) is 1.50. The van der Waals surface area contributed by atoms with Crippen molar-refractivity contribution in [2.75, 3.05) is 5.73 Å². The van der Waals surface area contributed by atoms with Crippen molar-refractivity contribution in [2.45, 2.75) is 0 Å². The van der Waals surface area contributed by atoms with Gasteiger partial charge in [-0.25, -0.2) is 0 Å². The third-order valence-electron chi connectivity index (χ3n) is 2.40. The number of anilines is 1. The molecule has 0 radical (unpaired) electrons. The van der Waals surface area contributed by atoms with Crippen LogP contribution in [0.25, 0.3) is 0 Å². The van der Waals surface area contributed by atoms with Gasteiger partial charge in [-0.2, -0.15) is 0 Å². The van der Waals surface area contributed by atoms with Crippen LogP contribution in [0.15, 0.2) is 52.8 Å². The molecule has 0 amide bonds. The van der Waals surface area contributed by atoms with E-state index in [1.54, 1.807) is 6.07 Å². The summed E-state index contributed by atoms with van der Waals surface area (Å²) in [5.74, 6) is -0.148. The lowest BCUT2D eigenvalue weighted by molar-refractivity contribution is 1.18. The Balaban J connectivity index is 2.58. The Morgan fingerprint density at radius 2 is 1.80 bits per heavy atom. The van der Waals surface area contributed by atoms with Crippen molar-refractivity contribution in [2.24, 2.45) is 21.7 Å². The Hall–Kier alpha value is -2.60. The van der Waals surface area contributed by atoms with Crippen molar-refractivity contribution in [1.82, 2.24) is 4.98 Å². The largest absolute Gasteiger partial charge is 0.397 e. The van der Waals surface area contributed by atoms with E-state index in [-0.39, 0.29) is 5.96 Å². The van der Waals surface area contributed by atoms with Crippen LogP contribution in [0.1, 0.15) is 11.3 Å². The molecule has 0 aliphatic carbocycles. The fourth-order valence-corrected chi connectivity index (χ4v) is 1.84. The van der Waals surface area contributed by atoms with Gasteiger partial charge in [0.15, 0.2) is 0 Å². The molecule has 1 heterocycles. The van der Waals surface area contributed by atoms with E-state index in [1.807, 2.05) is 30.3 Å². The number of hydrogen-bond acceptors (Lipinski definition) is 4. The lowest BCUT2D eigenvalue weighted by atomic mass is 10.1. The highest BCUT2D eigenvalue weighted by Crippen LogP contribution is 2.20. The minimum Gasteiger partial charge on any atom is -0.397 e. The predicted octanol–water partition coefficient (Wildman–Crippen LogP) is 1.34. The van der Waals surface area contributed by atoms with Crippen LogP contribution in [-0.4, -0.2) is 16.7 Å². The molecule has 0 saturated heterocycles. The van der Waals surface area contributed by atoms with E-state index in [0.717, 1.165) is 5.56 Å². The normalized spacial score (nSPS) is 11.2. The molecule has 2 rings (SSSR count). The molecule has 6 nitrogen and oxygen atoms in total. The van der Waals surface area contributed by atoms with Crippen LogP contribution < -0.4 is 17.2 Å². The van der Waals surface area contributed by atoms with Gasteiger partial charge in [0.2, 0.25) is 5.96 Å². The van der Waals surface area contributed by atoms with Crippen molar-refractivity contribution in [3.63, 3.8) is 0 Å². The van der Waals surface area contributed by atoms with Gasteiger partial charge in [0.05, 0.1) is 16.9 Å². The first kappa shape index (κ1) is 13.8. The van der Waals surface area contributed by atoms with Gasteiger partial charge in [0, 0.05) is 5.56 Å². The Morgan fingerprint density at radius 1 is 1.10 bits per heavy atom. The molecule has 0 aliphatic heterocycles. The Morgan fingerprint density at radius 3 is 2.40 bits per heavy atom. The van der Waals surface area contributed by atoms with E-state index in [9.17, 15) is 0 Å². The first-order valence-electron chi connectivity index (χ1n) is 5.71. The number of hydrogen-bond donors (Lipinski definition) is 3. The third-order valence-corrected chi connectivity index (χ3v) is 2.69. The second-order valence-electron chi connectivity index (χ2n) is 3.94. The van der Waals surface area contributed by atoms with Gasteiger partial charge in [-0.1, -0.05) is 41.9 Å². The zero-order valence-corrected chi connectivity index (χ0v) is 11.2. The van der Waals surface area contributed by atoms with Crippen molar-refractivity contribution in [1.29, 1.82) is 0 Å². The number of guanidine groups is 1. The van der Waals surface area contributed by atoms with E-state index in [1.165, 1.54) is 6.20 Å². The summed E-state index contributed by atoms with van der Waals surface area (Å²) in [5.41, 5.74) is 18.4. The van der Waals surface area contributed by atoms with Gasteiger partial charge in [0.1, 0.15) is 11.4 Å². The molecular formula is C13H13ClN6. The summed E-state index contributed by atoms with van der Waals surface area (Å²) in [4.78, 5) is 4.19. The van der Waals surface area contributed by atoms with Crippen LogP contribution in [0.3, 0.4) is 0 Å². The molecule has 7 heteroatoms. The molecule has 6 N–H and O–H groups in total. The SMILES string of the molecule is NC(N)=N/N=C(/c1ccccc1)c1ncc(N)cc1Cl. The number of halogens is 1. The minimum absolute atomic E-state index is 0.148. The fourth-order valence-electron chi connectivity index (χ4n) is 1.57. The zero-order chi connectivity index (χ0) is 14.5. The van der Waals surface area contributed by atoms with E-state index in [2.05, 4.69) is 15.2 Å². The molecule has 0 saturated carbocycles. The summed E-state index contributed by atoms with van der Waals surface area (Å²) in [7, 11) is 0. The molecular weight excluding hydrogens is 276 g/mol. The molecule has 0 spiro atoms. The van der Waals surface area contributed by atoms with Crippen molar-refractivity contribution in [3.8, 4) is 0 Å². The number of nitrogens with two attached hydrogens (primary N) is 3. The molecule has 0 unspecified atom stereocenters. The number of benzene rings is 1. The smallest absolute Gasteiger partial charge is 0.211 e. The van der Waals surface area contributed by atoms with Gasteiger partial charge in [-0.3, -0.25) is 4.98 Å². The monoisotopic (exact) mass is 288 g/mol. The average Bonchev–Trinajstić information content (AvgIpc) is 2.42. The Bertz CT molecular complexity index is 662. The highest BCUT2D eigenvalue weighted by Gasteiger charge is 2.13. The lowest BCUT2D eigenvalue weighted by Crippen LogP contribution is -2.22. The number of pyridine rings is 1. The maximum atomic E-state index is 6.16. The minimum atomic E-state index is -0.148. The predicted molar refractivity (Wildman–Crippen MR) is 81.6 cm³/mol. The van der Waals surface area contributed by atoms with Crippen LogP contribution in [0.5, 0.6) is 0 Å². The second kappa shape index (κ2) is 6.03. The number of nitrogen functional groups attached to an aromatic ring is 1. The van der Waals surface area contributed by atoms with Crippen LogP contribution in [0.2, 0.25) is 5.02 Å². The van der Waals surface area contributed by atoms with E-state index >= 15 is 0 Å². The first-order chi connectivity index (χ1) is 9.58. The Labute approximate surface area is 121 Å². The quantitative estimate of drug-likeness (QED) is 0.449. The van der Waals surface area contributed by atoms with Gasteiger partial charge < -0.3 is 17.2 Å². The van der Waals surface area contributed by atoms with E-state index in [4.69, 9.17) is 28.8 Å². The molecule has 102 valence electrons.